The van der Waals surface area contributed by atoms with Crippen LogP contribution in [0.2, 0.25) is 0 Å². The molecule has 0 fully saturated rings. The van der Waals surface area contributed by atoms with Crippen molar-refractivity contribution in [1.82, 2.24) is 10.6 Å². The molecule has 0 heterocycles. The smallest absolute Gasteiger partial charge is 0.316 e. The summed E-state index contributed by atoms with van der Waals surface area (Å²) in [6.07, 6.45) is 0. The molecular formula is C17H19FN4O2. The Balaban J connectivity index is 1.87. The van der Waals surface area contributed by atoms with Crippen LogP contribution in [0, 0.1) is 5.82 Å². The van der Waals surface area contributed by atoms with Crippen LogP contribution in [0.25, 0.3) is 0 Å². The van der Waals surface area contributed by atoms with Crippen molar-refractivity contribution in [3.63, 3.8) is 0 Å². The van der Waals surface area contributed by atoms with Crippen LogP contribution in [-0.2, 0) is 6.54 Å². The van der Waals surface area contributed by atoms with Crippen molar-refractivity contribution in [3.05, 3.63) is 65.5 Å². The molecule has 1 atom stereocenters. The monoisotopic (exact) mass is 330 g/mol. The topological polar surface area (TPSA) is 96.2 Å². The van der Waals surface area contributed by atoms with Gasteiger partial charge in [0.15, 0.2) is 0 Å². The summed E-state index contributed by atoms with van der Waals surface area (Å²) in [5.74, 6) is -0.358. The van der Waals surface area contributed by atoms with Gasteiger partial charge in [0.1, 0.15) is 5.82 Å². The number of anilines is 1. The lowest BCUT2D eigenvalue weighted by molar-refractivity contribution is 0.237. The van der Waals surface area contributed by atoms with Crippen LogP contribution in [0.5, 0.6) is 0 Å². The highest BCUT2D eigenvalue weighted by atomic mass is 19.1. The van der Waals surface area contributed by atoms with Gasteiger partial charge < -0.3 is 21.7 Å². The van der Waals surface area contributed by atoms with E-state index in [4.69, 9.17) is 5.73 Å². The summed E-state index contributed by atoms with van der Waals surface area (Å²) in [5.41, 5.74) is 6.88. The highest BCUT2D eigenvalue weighted by molar-refractivity contribution is 5.87. The van der Waals surface area contributed by atoms with Crippen LogP contribution in [0.4, 0.5) is 19.7 Å². The second-order valence-corrected chi connectivity index (χ2v) is 5.25. The number of hydrogen-bond donors (Lipinski definition) is 4. The van der Waals surface area contributed by atoms with Crippen LogP contribution in [0.15, 0.2) is 48.5 Å². The number of rotatable bonds is 5. The zero-order chi connectivity index (χ0) is 17.5. The highest BCUT2D eigenvalue weighted by Crippen LogP contribution is 2.16. The fraction of sp³-hybridized carbons (Fsp3) is 0.176. The van der Waals surface area contributed by atoms with Gasteiger partial charge in [-0.25, -0.2) is 14.0 Å². The first kappa shape index (κ1) is 17.3. The SMILES string of the molecule is C[C@H](NC(=O)NCc1ccccc1F)c1ccc(NC(N)=O)cc1. The molecule has 24 heavy (non-hydrogen) atoms. The summed E-state index contributed by atoms with van der Waals surface area (Å²) in [7, 11) is 0. The van der Waals surface area contributed by atoms with Crippen LogP contribution in [-0.4, -0.2) is 12.1 Å². The van der Waals surface area contributed by atoms with Gasteiger partial charge in [0.05, 0.1) is 6.04 Å². The number of carbonyl (C=O) groups is 2. The van der Waals surface area contributed by atoms with E-state index in [1.54, 1.807) is 42.5 Å². The third kappa shape index (κ3) is 4.98. The Morgan fingerprint density at radius 1 is 1.12 bits per heavy atom. The largest absolute Gasteiger partial charge is 0.351 e. The van der Waals surface area contributed by atoms with Crippen LogP contribution in [0.3, 0.4) is 0 Å². The number of primary amides is 1. The van der Waals surface area contributed by atoms with Crippen molar-refractivity contribution >= 4 is 17.7 Å². The fourth-order valence-electron chi connectivity index (χ4n) is 2.15. The first-order chi connectivity index (χ1) is 11.5. The Kier molecular flexibility index (Phi) is 5.73. The number of halogens is 1. The minimum Gasteiger partial charge on any atom is -0.351 e. The molecule has 2 aromatic carbocycles. The van der Waals surface area contributed by atoms with Crippen molar-refractivity contribution in [2.75, 3.05) is 5.32 Å². The Morgan fingerprint density at radius 3 is 2.42 bits per heavy atom. The lowest BCUT2D eigenvalue weighted by Gasteiger charge is -2.16. The molecule has 2 rings (SSSR count). The van der Waals surface area contributed by atoms with Crippen LogP contribution >= 0.6 is 0 Å². The number of nitrogens with two attached hydrogens (primary N) is 1. The molecule has 0 unspecified atom stereocenters. The number of carbonyl (C=O) groups excluding carboxylic acids is 2. The first-order valence-electron chi connectivity index (χ1n) is 7.40. The van der Waals surface area contributed by atoms with E-state index in [1.807, 2.05) is 6.92 Å². The van der Waals surface area contributed by atoms with Crippen molar-refractivity contribution in [1.29, 1.82) is 0 Å². The predicted molar refractivity (Wildman–Crippen MR) is 89.8 cm³/mol. The lowest BCUT2D eigenvalue weighted by Crippen LogP contribution is -2.36. The van der Waals surface area contributed by atoms with Gasteiger partial charge in [-0.2, -0.15) is 0 Å². The lowest BCUT2D eigenvalue weighted by atomic mass is 10.1. The summed E-state index contributed by atoms with van der Waals surface area (Å²) in [6.45, 7) is 1.92. The van der Waals surface area contributed by atoms with Crippen molar-refractivity contribution in [2.45, 2.75) is 19.5 Å². The molecule has 4 amide bonds. The molecule has 0 aromatic heterocycles. The normalized spacial score (nSPS) is 11.4. The van der Waals surface area contributed by atoms with Gasteiger partial charge in [-0.1, -0.05) is 30.3 Å². The van der Waals surface area contributed by atoms with Crippen molar-refractivity contribution in [2.24, 2.45) is 5.73 Å². The minimum absolute atomic E-state index is 0.104. The molecule has 0 radical (unpaired) electrons. The van der Waals surface area contributed by atoms with Crippen molar-refractivity contribution < 1.29 is 14.0 Å². The van der Waals surface area contributed by atoms with E-state index in [-0.39, 0.29) is 18.4 Å². The van der Waals surface area contributed by atoms with Crippen LogP contribution in [0.1, 0.15) is 24.1 Å². The number of hydrogen-bond acceptors (Lipinski definition) is 2. The summed E-state index contributed by atoms with van der Waals surface area (Å²) >= 11 is 0. The average molecular weight is 330 g/mol. The molecule has 6 nitrogen and oxygen atoms in total. The number of nitrogens with one attached hydrogen (secondary N) is 3. The van der Waals surface area contributed by atoms with E-state index < -0.39 is 12.1 Å². The number of urea groups is 2. The summed E-state index contributed by atoms with van der Waals surface area (Å²) in [4.78, 5) is 22.7. The van der Waals surface area contributed by atoms with Gasteiger partial charge in [-0.05, 0) is 30.7 Å². The maximum absolute atomic E-state index is 13.5. The van der Waals surface area contributed by atoms with Crippen molar-refractivity contribution in [3.8, 4) is 0 Å². The van der Waals surface area contributed by atoms with Gasteiger partial charge in [0.2, 0.25) is 0 Å². The van der Waals surface area contributed by atoms with Gasteiger partial charge in [-0.15, -0.1) is 0 Å². The zero-order valence-corrected chi connectivity index (χ0v) is 13.2. The molecule has 2 aromatic rings. The quantitative estimate of drug-likeness (QED) is 0.678. The second-order valence-electron chi connectivity index (χ2n) is 5.25. The molecule has 0 spiro atoms. The maximum Gasteiger partial charge on any atom is 0.316 e. The molecule has 5 N–H and O–H groups in total. The fourth-order valence-corrected chi connectivity index (χ4v) is 2.15. The Hall–Kier alpha value is -3.09. The second kappa shape index (κ2) is 7.96. The molecule has 0 aliphatic carbocycles. The summed E-state index contributed by atoms with van der Waals surface area (Å²) in [5, 5.41) is 7.84. The Bertz CT molecular complexity index is 719. The standard InChI is InChI=1S/C17H19FN4O2/c1-11(12-6-8-14(9-7-12)22-16(19)23)21-17(24)20-10-13-4-2-3-5-15(13)18/h2-9,11H,10H2,1H3,(H3,19,22,23)(H2,20,21,24)/t11-/m0/s1. The molecule has 0 aliphatic rings. The van der Waals surface area contributed by atoms with E-state index in [2.05, 4.69) is 16.0 Å². The summed E-state index contributed by atoms with van der Waals surface area (Å²) < 4.78 is 13.5. The number of benzene rings is 2. The molecule has 0 saturated carbocycles. The molecule has 0 aliphatic heterocycles. The van der Waals surface area contributed by atoms with E-state index in [0.717, 1.165) is 5.56 Å². The predicted octanol–water partition coefficient (Wildman–Crippen LogP) is 2.88. The van der Waals surface area contributed by atoms with E-state index in [0.29, 0.717) is 11.3 Å². The third-order valence-corrected chi connectivity index (χ3v) is 3.42. The molecular weight excluding hydrogens is 311 g/mol. The average Bonchev–Trinajstić information content (AvgIpc) is 2.54. The number of amides is 4. The Labute approximate surface area is 139 Å². The Morgan fingerprint density at radius 2 is 1.79 bits per heavy atom. The van der Waals surface area contributed by atoms with E-state index in [1.165, 1.54) is 6.07 Å². The molecule has 7 heteroatoms. The van der Waals surface area contributed by atoms with Gasteiger partial charge in [-0.3, -0.25) is 0 Å². The van der Waals surface area contributed by atoms with E-state index >= 15 is 0 Å². The third-order valence-electron chi connectivity index (χ3n) is 3.42. The van der Waals surface area contributed by atoms with Gasteiger partial charge >= 0.3 is 12.1 Å². The minimum atomic E-state index is -0.638. The maximum atomic E-state index is 13.5. The van der Waals surface area contributed by atoms with Crippen LogP contribution < -0.4 is 21.7 Å². The molecule has 126 valence electrons. The molecule has 0 bridgehead atoms. The highest BCUT2D eigenvalue weighted by Gasteiger charge is 2.10. The van der Waals surface area contributed by atoms with E-state index in [9.17, 15) is 14.0 Å². The zero-order valence-electron chi connectivity index (χ0n) is 13.2. The first-order valence-corrected chi connectivity index (χ1v) is 7.40. The van der Waals surface area contributed by atoms with Gasteiger partial charge in [0, 0.05) is 17.8 Å². The van der Waals surface area contributed by atoms with Gasteiger partial charge in [0.25, 0.3) is 0 Å². The molecule has 0 saturated heterocycles. The summed E-state index contributed by atoms with van der Waals surface area (Å²) in [6, 6.07) is 11.9.